The van der Waals surface area contributed by atoms with Crippen LogP contribution >= 0.6 is 0 Å². The molecule has 0 amide bonds. The van der Waals surface area contributed by atoms with Gasteiger partial charge in [-0.1, -0.05) is 12.1 Å². The van der Waals surface area contributed by atoms with Gasteiger partial charge in [-0.25, -0.2) is 4.39 Å². The zero-order valence-corrected chi connectivity index (χ0v) is 15.4. The molecule has 0 unspecified atom stereocenters. The Hall–Kier alpha value is -2.66. The average Bonchev–Trinajstić information content (AvgIpc) is 2.66. The number of nitrogens with two attached hydrogens (primary N) is 1. The van der Waals surface area contributed by atoms with E-state index in [0.29, 0.717) is 11.4 Å². The molecular weight excluding hydrogens is 341 g/mol. The molecule has 1 aromatic heterocycles. The highest BCUT2D eigenvalue weighted by molar-refractivity contribution is 5.86. The molecule has 4 nitrogen and oxygen atoms in total. The second kappa shape index (κ2) is 6.82. The molecule has 5 heteroatoms. The maximum Gasteiger partial charge on any atom is 0.255 e. The van der Waals surface area contributed by atoms with Gasteiger partial charge in [-0.15, -0.1) is 0 Å². The number of nitrogens with one attached hydrogen (secondary N) is 2. The lowest BCUT2D eigenvalue weighted by atomic mass is 9.75. The molecule has 1 saturated carbocycles. The first-order chi connectivity index (χ1) is 12.9. The first kappa shape index (κ1) is 17.7. The third-order valence-corrected chi connectivity index (χ3v) is 5.78. The van der Waals surface area contributed by atoms with E-state index in [2.05, 4.69) is 10.3 Å². The lowest BCUT2D eigenvalue weighted by Gasteiger charge is -2.38. The van der Waals surface area contributed by atoms with Crippen LogP contribution in [0.2, 0.25) is 0 Å². The Morgan fingerprint density at radius 3 is 2.56 bits per heavy atom. The van der Waals surface area contributed by atoms with Crippen molar-refractivity contribution >= 4 is 16.5 Å². The van der Waals surface area contributed by atoms with Gasteiger partial charge in [-0.3, -0.25) is 4.79 Å². The van der Waals surface area contributed by atoms with Crippen molar-refractivity contribution in [3.05, 3.63) is 76.0 Å². The van der Waals surface area contributed by atoms with Gasteiger partial charge in [0.15, 0.2) is 0 Å². The maximum atomic E-state index is 13.2. The summed E-state index contributed by atoms with van der Waals surface area (Å²) in [5.74, 6) is -0.233. The van der Waals surface area contributed by atoms with Crippen LogP contribution < -0.4 is 16.6 Å². The summed E-state index contributed by atoms with van der Waals surface area (Å²) in [4.78, 5) is 14.7. The van der Waals surface area contributed by atoms with Crippen molar-refractivity contribution in [3.63, 3.8) is 0 Å². The monoisotopic (exact) mass is 365 g/mol. The molecule has 0 bridgehead atoms. The summed E-state index contributed by atoms with van der Waals surface area (Å²) < 4.78 is 13.2. The number of halogens is 1. The van der Waals surface area contributed by atoms with Crippen molar-refractivity contribution < 1.29 is 4.39 Å². The van der Waals surface area contributed by atoms with E-state index >= 15 is 0 Å². The van der Waals surface area contributed by atoms with Gasteiger partial charge in [0.05, 0.1) is 0 Å². The minimum absolute atomic E-state index is 0.0629. The first-order valence-corrected chi connectivity index (χ1v) is 9.38. The number of rotatable bonds is 3. The number of aryl methyl sites for hydroxylation is 1. The fourth-order valence-corrected chi connectivity index (χ4v) is 4.07. The van der Waals surface area contributed by atoms with Crippen LogP contribution in [0.3, 0.4) is 0 Å². The Labute approximate surface area is 157 Å². The second-order valence-corrected chi connectivity index (χ2v) is 7.64. The van der Waals surface area contributed by atoms with E-state index in [0.717, 1.165) is 47.9 Å². The van der Waals surface area contributed by atoms with Crippen molar-refractivity contribution in [2.45, 2.75) is 44.2 Å². The number of fused-ring (bicyclic) bond motifs is 1. The Bertz CT molecular complexity index is 1020. The van der Waals surface area contributed by atoms with E-state index in [1.165, 1.54) is 12.1 Å². The maximum absolute atomic E-state index is 13.2. The van der Waals surface area contributed by atoms with Gasteiger partial charge < -0.3 is 16.0 Å². The molecule has 0 saturated heterocycles. The number of hydrogen-bond acceptors (Lipinski definition) is 3. The number of aromatic amines is 1. The van der Waals surface area contributed by atoms with Crippen LogP contribution in [0, 0.1) is 12.7 Å². The number of aromatic nitrogens is 1. The molecule has 1 fully saturated rings. The van der Waals surface area contributed by atoms with Crippen LogP contribution in [0.5, 0.6) is 0 Å². The van der Waals surface area contributed by atoms with Crippen LogP contribution in [0.25, 0.3) is 10.8 Å². The van der Waals surface area contributed by atoms with Gasteiger partial charge >= 0.3 is 0 Å². The fourth-order valence-electron chi connectivity index (χ4n) is 4.07. The van der Waals surface area contributed by atoms with Crippen molar-refractivity contribution in [1.82, 2.24) is 4.98 Å². The molecular formula is C22H24FN3O. The van der Waals surface area contributed by atoms with Crippen molar-refractivity contribution in [1.29, 1.82) is 0 Å². The van der Waals surface area contributed by atoms with Crippen molar-refractivity contribution in [2.24, 2.45) is 5.73 Å². The number of anilines is 1. The number of H-pyrrole nitrogens is 1. The predicted octanol–water partition coefficient (Wildman–Crippen LogP) is 4.18. The van der Waals surface area contributed by atoms with Gasteiger partial charge in [0.25, 0.3) is 5.56 Å². The van der Waals surface area contributed by atoms with Gasteiger partial charge in [-0.05, 0) is 79.5 Å². The van der Waals surface area contributed by atoms with E-state index in [4.69, 9.17) is 5.73 Å². The Morgan fingerprint density at radius 1 is 1.15 bits per heavy atom. The fraction of sp³-hybridized carbons (Fsp3) is 0.318. The SMILES string of the molecule is Cc1cc2c(=O)[nH]ccc2cc1NC1CCC(N)(c2ccc(F)cc2)CC1. The molecule has 0 atom stereocenters. The topological polar surface area (TPSA) is 70.9 Å². The quantitative estimate of drug-likeness (QED) is 0.652. The van der Waals surface area contributed by atoms with E-state index in [1.54, 1.807) is 18.3 Å². The predicted molar refractivity (Wildman–Crippen MR) is 107 cm³/mol. The van der Waals surface area contributed by atoms with E-state index < -0.39 is 5.54 Å². The molecule has 1 aliphatic rings. The molecule has 27 heavy (non-hydrogen) atoms. The summed E-state index contributed by atoms with van der Waals surface area (Å²) >= 11 is 0. The van der Waals surface area contributed by atoms with Gasteiger partial charge in [0.2, 0.25) is 0 Å². The highest BCUT2D eigenvalue weighted by Gasteiger charge is 2.33. The minimum atomic E-state index is -0.391. The summed E-state index contributed by atoms with van der Waals surface area (Å²) in [6, 6.07) is 12.8. The lowest BCUT2D eigenvalue weighted by Crippen LogP contribution is -2.43. The highest BCUT2D eigenvalue weighted by Crippen LogP contribution is 2.36. The molecule has 1 heterocycles. The van der Waals surface area contributed by atoms with Gasteiger partial charge in [-0.2, -0.15) is 0 Å². The smallest absolute Gasteiger partial charge is 0.255 e. The van der Waals surface area contributed by atoms with Crippen LogP contribution in [0.1, 0.15) is 36.8 Å². The first-order valence-electron chi connectivity index (χ1n) is 9.38. The van der Waals surface area contributed by atoms with Crippen molar-refractivity contribution in [3.8, 4) is 0 Å². The molecule has 1 aliphatic carbocycles. The normalized spacial score (nSPS) is 22.7. The third-order valence-electron chi connectivity index (χ3n) is 5.78. The molecule has 3 aromatic rings. The highest BCUT2D eigenvalue weighted by atomic mass is 19.1. The lowest BCUT2D eigenvalue weighted by molar-refractivity contribution is 0.286. The van der Waals surface area contributed by atoms with Gasteiger partial charge in [0.1, 0.15) is 5.82 Å². The van der Waals surface area contributed by atoms with Crippen LogP contribution in [-0.4, -0.2) is 11.0 Å². The van der Waals surface area contributed by atoms with E-state index in [9.17, 15) is 9.18 Å². The summed E-state index contributed by atoms with van der Waals surface area (Å²) in [7, 11) is 0. The number of hydrogen-bond donors (Lipinski definition) is 3. The van der Waals surface area contributed by atoms with Crippen LogP contribution in [0.15, 0.2) is 53.5 Å². The zero-order valence-electron chi connectivity index (χ0n) is 15.4. The summed E-state index contributed by atoms with van der Waals surface area (Å²) in [5, 5.41) is 5.27. The largest absolute Gasteiger partial charge is 0.382 e. The molecule has 0 radical (unpaired) electrons. The molecule has 4 rings (SSSR count). The Morgan fingerprint density at radius 2 is 1.85 bits per heavy atom. The molecule has 0 aliphatic heterocycles. The van der Waals surface area contributed by atoms with Crippen molar-refractivity contribution in [2.75, 3.05) is 5.32 Å². The molecule has 140 valence electrons. The summed E-state index contributed by atoms with van der Waals surface area (Å²) in [6.07, 6.45) is 5.27. The zero-order chi connectivity index (χ0) is 19.0. The van der Waals surface area contributed by atoms with Crippen LogP contribution in [0.4, 0.5) is 10.1 Å². The van der Waals surface area contributed by atoms with E-state index in [-0.39, 0.29) is 11.4 Å². The summed E-state index contributed by atoms with van der Waals surface area (Å²) in [6.45, 7) is 2.02. The average molecular weight is 365 g/mol. The molecule has 2 aromatic carbocycles. The Balaban J connectivity index is 1.49. The van der Waals surface area contributed by atoms with Gasteiger partial charge in [0, 0.05) is 28.9 Å². The van der Waals surface area contributed by atoms with Crippen LogP contribution in [-0.2, 0) is 5.54 Å². The number of pyridine rings is 1. The minimum Gasteiger partial charge on any atom is -0.382 e. The second-order valence-electron chi connectivity index (χ2n) is 7.64. The molecule has 4 N–H and O–H groups in total. The van der Waals surface area contributed by atoms with E-state index in [1.807, 2.05) is 25.1 Å². The number of benzene rings is 2. The third kappa shape index (κ3) is 3.47. The molecule has 0 spiro atoms. The summed E-state index contributed by atoms with van der Waals surface area (Å²) in [5.41, 5.74) is 9.28. The standard InChI is InChI=1S/C22H24FN3O/c1-14-12-19-15(8-11-25-21(19)27)13-20(14)26-18-6-9-22(24,10-7-18)16-2-4-17(23)5-3-16/h2-5,8,11-13,18,26H,6-7,9-10,24H2,1H3,(H,25,27). The Kier molecular flexibility index (Phi) is 4.48.